The van der Waals surface area contributed by atoms with Crippen LogP contribution in [0.5, 0.6) is 0 Å². The number of carbonyl (C=O) groups excluding carboxylic acids is 2. The van der Waals surface area contributed by atoms with E-state index in [1.165, 1.54) is 6.07 Å². The molecule has 0 spiro atoms. The van der Waals surface area contributed by atoms with E-state index >= 15 is 0 Å². The molecule has 0 saturated heterocycles. The van der Waals surface area contributed by atoms with Gasteiger partial charge in [-0.3, -0.25) is 4.90 Å². The summed E-state index contributed by atoms with van der Waals surface area (Å²) < 4.78 is 19.0. The number of benzene rings is 1. The van der Waals surface area contributed by atoms with Gasteiger partial charge in [-0.25, -0.2) is 14.0 Å². The van der Waals surface area contributed by atoms with Crippen LogP contribution < -0.4 is 5.32 Å². The van der Waals surface area contributed by atoms with E-state index in [0.717, 1.165) is 12.8 Å². The van der Waals surface area contributed by atoms with E-state index in [1.807, 2.05) is 0 Å². The van der Waals surface area contributed by atoms with Gasteiger partial charge in [-0.2, -0.15) is 0 Å². The molecule has 1 N–H and O–H groups in total. The monoisotopic (exact) mass is 396 g/mol. The Morgan fingerprint density at radius 2 is 2.17 bits per heavy atom. The van der Waals surface area contributed by atoms with Gasteiger partial charge in [0.25, 0.3) is 0 Å². The summed E-state index contributed by atoms with van der Waals surface area (Å²) in [5.74, 6) is -0.870. The van der Waals surface area contributed by atoms with Gasteiger partial charge >= 0.3 is 12.0 Å². The third-order valence-corrected chi connectivity index (χ3v) is 4.82. The van der Waals surface area contributed by atoms with Gasteiger partial charge in [0.05, 0.1) is 22.7 Å². The standard InChI is InChI=1S/C17H18BrFN2O3/c1-3-24-16(22)14-9(2)21(11-5-6-11)17(23)20-15(14)10-4-7-13(19)12(18)8-10/h4,7-8,11,15H,3,5-6H2,1-2H3,(H,20,23)/t15-/m1/s1. The van der Waals surface area contributed by atoms with E-state index in [1.54, 1.807) is 30.9 Å². The lowest BCUT2D eigenvalue weighted by atomic mass is 9.95. The van der Waals surface area contributed by atoms with Crippen LogP contribution in [0, 0.1) is 5.82 Å². The topological polar surface area (TPSA) is 58.6 Å². The van der Waals surface area contributed by atoms with Gasteiger partial charge in [-0.05, 0) is 60.3 Å². The Labute approximate surface area is 148 Å². The number of ether oxygens (including phenoxy) is 1. The zero-order valence-electron chi connectivity index (χ0n) is 13.4. The number of nitrogens with zero attached hydrogens (tertiary/aromatic N) is 1. The maximum atomic E-state index is 13.5. The van der Waals surface area contributed by atoms with E-state index in [-0.39, 0.29) is 23.2 Å². The van der Waals surface area contributed by atoms with Gasteiger partial charge in [-0.1, -0.05) is 6.07 Å². The van der Waals surface area contributed by atoms with Gasteiger partial charge in [0.1, 0.15) is 5.82 Å². The van der Waals surface area contributed by atoms with Crippen molar-refractivity contribution >= 4 is 27.9 Å². The molecule has 7 heteroatoms. The highest BCUT2D eigenvalue weighted by Gasteiger charge is 2.42. The van der Waals surface area contributed by atoms with Crippen molar-refractivity contribution < 1.29 is 18.7 Å². The first-order valence-electron chi connectivity index (χ1n) is 7.86. The molecule has 128 valence electrons. The highest BCUT2D eigenvalue weighted by molar-refractivity contribution is 9.10. The van der Waals surface area contributed by atoms with Gasteiger partial charge in [-0.15, -0.1) is 0 Å². The van der Waals surface area contributed by atoms with E-state index in [4.69, 9.17) is 4.74 Å². The number of nitrogens with one attached hydrogen (secondary N) is 1. The van der Waals surface area contributed by atoms with Crippen LogP contribution in [0.3, 0.4) is 0 Å². The van der Waals surface area contributed by atoms with E-state index in [0.29, 0.717) is 16.8 Å². The number of rotatable bonds is 4. The molecule has 1 aliphatic carbocycles. The van der Waals surface area contributed by atoms with Crippen molar-refractivity contribution in [2.24, 2.45) is 0 Å². The van der Waals surface area contributed by atoms with E-state index in [9.17, 15) is 14.0 Å². The molecular formula is C17H18BrFN2O3. The quantitative estimate of drug-likeness (QED) is 0.790. The minimum atomic E-state index is -0.663. The lowest BCUT2D eigenvalue weighted by Crippen LogP contribution is -2.48. The first-order chi connectivity index (χ1) is 11.4. The second-order valence-electron chi connectivity index (χ2n) is 5.88. The fourth-order valence-corrected chi connectivity index (χ4v) is 3.34. The first-order valence-corrected chi connectivity index (χ1v) is 8.66. The zero-order valence-corrected chi connectivity index (χ0v) is 15.0. The lowest BCUT2D eigenvalue weighted by Gasteiger charge is -2.35. The van der Waals surface area contributed by atoms with Gasteiger partial charge in [0, 0.05) is 11.7 Å². The van der Waals surface area contributed by atoms with Crippen LogP contribution in [0.25, 0.3) is 0 Å². The molecule has 1 aromatic carbocycles. The molecule has 1 aromatic rings. The molecule has 0 aromatic heterocycles. The molecular weight excluding hydrogens is 379 g/mol. The third kappa shape index (κ3) is 3.05. The van der Waals surface area contributed by atoms with Crippen molar-refractivity contribution in [2.75, 3.05) is 6.61 Å². The zero-order chi connectivity index (χ0) is 17.4. The summed E-state index contributed by atoms with van der Waals surface area (Å²) in [4.78, 5) is 26.6. The van der Waals surface area contributed by atoms with Crippen molar-refractivity contribution in [3.05, 3.63) is 45.3 Å². The van der Waals surface area contributed by atoms with Crippen LogP contribution in [-0.4, -0.2) is 29.5 Å². The Balaban J connectivity index is 2.07. The Hall–Kier alpha value is -1.89. The minimum absolute atomic E-state index is 0.135. The van der Waals surface area contributed by atoms with Crippen molar-refractivity contribution in [3.8, 4) is 0 Å². The highest BCUT2D eigenvalue weighted by atomic mass is 79.9. The molecule has 24 heavy (non-hydrogen) atoms. The minimum Gasteiger partial charge on any atom is -0.463 e. The van der Waals surface area contributed by atoms with E-state index < -0.39 is 17.8 Å². The molecule has 0 radical (unpaired) electrons. The second-order valence-corrected chi connectivity index (χ2v) is 6.73. The summed E-state index contributed by atoms with van der Waals surface area (Å²) in [5.41, 5.74) is 1.61. The maximum absolute atomic E-state index is 13.5. The lowest BCUT2D eigenvalue weighted by molar-refractivity contribution is -0.139. The fraction of sp³-hybridized carbons (Fsp3) is 0.412. The highest BCUT2D eigenvalue weighted by Crippen LogP contribution is 2.38. The van der Waals surface area contributed by atoms with Gasteiger partial charge in [0.15, 0.2) is 0 Å². The van der Waals surface area contributed by atoms with Crippen molar-refractivity contribution in [2.45, 2.75) is 38.8 Å². The molecule has 0 bridgehead atoms. The molecule has 2 aliphatic rings. The molecule has 0 unspecified atom stereocenters. The average Bonchev–Trinajstić information content (AvgIpc) is 3.34. The summed E-state index contributed by atoms with van der Waals surface area (Å²) in [5, 5.41) is 2.86. The third-order valence-electron chi connectivity index (χ3n) is 4.21. The average molecular weight is 397 g/mol. The number of halogens is 2. The van der Waals surface area contributed by atoms with Crippen molar-refractivity contribution in [1.29, 1.82) is 0 Å². The largest absolute Gasteiger partial charge is 0.463 e. The fourth-order valence-electron chi connectivity index (χ4n) is 2.94. The smallest absolute Gasteiger partial charge is 0.338 e. The first kappa shape index (κ1) is 17.0. The molecule has 1 heterocycles. The normalized spacial score (nSPS) is 20.9. The Morgan fingerprint density at radius 1 is 1.46 bits per heavy atom. The summed E-state index contributed by atoms with van der Waals surface area (Å²) >= 11 is 3.15. The predicted molar refractivity (Wildman–Crippen MR) is 89.6 cm³/mol. The van der Waals surface area contributed by atoms with E-state index in [2.05, 4.69) is 21.2 Å². The van der Waals surface area contributed by atoms with Crippen LogP contribution in [0.1, 0.15) is 38.3 Å². The van der Waals surface area contributed by atoms with Crippen LogP contribution in [0.15, 0.2) is 33.9 Å². The molecule has 1 atom stereocenters. The Morgan fingerprint density at radius 3 is 2.75 bits per heavy atom. The van der Waals surface area contributed by atoms with Crippen LogP contribution in [0.2, 0.25) is 0 Å². The number of carbonyl (C=O) groups is 2. The maximum Gasteiger partial charge on any atom is 0.338 e. The van der Waals surface area contributed by atoms with Gasteiger partial charge in [0.2, 0.25) is 0 Å². The number of hydrogen-bond donors (Lipinski definition) is 1. The Kier molecular flexibility index (Phi) is 4.62. The van der Waals surface area contributed by atoms with Crippen molar-refractivity contribution in [1.82, 2.24) is 10.2 Å². The number of esters is 1. The van der Waals surface area contributed by atoms with Crippen LogP contribution in [-0.2, 0) is 9.53 Å². The summed E-state index contributed by atoms with van der Waals surface area (Å²) in [6, 6.07) is 3.66. The number of hydrogen-bond acceptors (Lipinski definition) is 3. The molecule has 2 amide bonds. The summed E-state index contributed by atoms with van der Waals surface area (Å²) in [6.07, 6.45) is 1.85. The van der Waals surface area contributed by atoms with Crippen LogP contribution >= 0.6 is 15.9 Å². The second kappa shape index (κ2) is 6.55. The van der Waals surface area contributed by atoms with Gasteiger partial charge < -0.3 is 10.1 Å². The molecule has 3 rings (SSSR count). The summed E-state index contributed by atoms with van der Waals surface area (Å²) in [6.45, 7) is 3.74. The van der Waals surface area contributed by atoms with Crippen molar-refractivity contribution in [3.63, 3.8) is 0 Å². The number of urea groups is 1. The molecule has 1 fully saturated rings. The summed E-state index contributed by atoms with van der Waals surface area (Å²) in [7, 11) is 0. The molecule has 1 aliphatic heterocycles. The molecule has 1 saturated carbocycles. The number of allylic oxidation sites excluding steroid dienone is 1. The predicted octanol–water partition coefficient (Wildman–Crippen LogP) is 3.65. The molecule has 5 nitrogen and oxygen atoms in total. The SMILES string of the molecule is CCOC(=O)C1=C(C)N(C2CC2)C(=O)N[C@@H]1c1ccc(F)c(Br)c1. The Bertz CT molecular complexity index is 731. The van der Waals surface area contributed by atoms with Crippen LogP contribution in [0.4, 0.5) is 9.18 Å². The number of amides is 2.